The van der Waals surface area contributed by atoms with Gasteiger partial charge in [0.25, 0.3) is 5.91 Å². The Morgan fingerprint density at radius 3 is 2.20 bits per heavy atom. The number of hydrogen-bond donors (Lipinski definition) is 1. The number of anilines is 2. The topological polar surface area (TPSA) is 98.0 Å². The molecule has 0 aliphatic rings. The van der Waals surface area contributed by atoms with Crippen molar-refractivity contribution in [2.45, 2.75) is 13.5 Å². The van der Waals surface area contributed by atoms with Gasteiger partial charge in [-0.3, -0.25) is 9.36 Å². The number of nitrogens with zero attached hydrogens (tertiary/aromatic N) is 3. The van der Waals surface area contributed by atoms with Gasteiger partial charge < -0.3 is 29.0 Å². The van der Waals surface area contributed by atoms with Gasteiger partial charge in [0, 0.05) is 44.8 Å². The van der Waals surface area contributed by atoms with Crippen molar-refractivity contribution in [3.05, 3.63) is 95.9 Å². The number of hydrogen-bond acceptors (Lipinski definition) is 8. The van der Waals surface area contributed by atoms with Crippen LogP contribution < -0.4 is 19.5 Å². The predicted octanol–water partition coefficient (Wildman–Crippen LogP) is 5.60. The highest BCUT2D eigenvalue weighted by Gasteiger charge is 2.23. The van der Waals surface area contributed by atoms with Crippen LogP contribution in [0.3, 0.4) is 0 Å². The summed E-state index contributed by atoms with van der Waals surface area (Å²) in [5.74, 6) is 1.93. The SMILES string of the molecule is COCOc1cc(Nc2cc(C)nn2Cc2ccc(OC)cc2)c(C(=O)n2cc3ccccc3c2)c(OCOC)c1. The third-order valence-corrected chi connectivity index (χ3v) is 6.41. The van der Waals surface area contributed by atoms with Crippen molar-refractivity contribution in [3.63, 3.8) is 0 Å². The molecule has 0 fully saturated rings. The van der Waals surface area contributed by atoms with Crippen LogP contribution in [0.15, 0.2) is 79.1 Å². The largest absolute Gasteiger partial charge is 0.497 e. The first-order chi connectivity index (χ1) is 20.0. The van der Waals surface area contributed by atoms with Crippen LogP contribution >= 0.6 is 0 Å². The van der Waals surface area contributed by atoms with Crippen molar-refractivity contribution in [1.29, 1.82) is 0 Å². The summed E-state index contributed by atoms with van der Waals surface area (Å²) in [7, 11) is 4.69. The highest BCUT2D eigenvalue weighted by molar-refractivity contribution is 6.06. The molecule has 10 nitrogen and oxygen atoms in total. The molecule has 0 radical (unpaired) electrons. The van der Waals surface area contributed by atoms with E-state index in [4.69, 9.17) is 23.7 Å². The van der Waals surface area contributed by atoms with Crippen molar-refractivity contribution in [2.75, 3.05) is 40.2 Å². The summed E-state index contributed by atoms with van der Waals surface area (Å²) in [6.07, 6.45) is 3.60. The molecule has 2 heterocycles. The smallest absolute Gasteiger partial charge is 0.267 e. The molecular formula is C31H32N4O6. The molecule has 0 saturated heterocycles. The van der Waals surface area contributed by atoms with E-state index in [1.165, 1.54) is 14.2 Å². The third-order valence-electron chi connectivity index (χ3n) is 6.41. The predicted molar refractivity (Wildman–Crippen MR) is 155 cm³/mol. The summed E-state index contributed by atoms with van der Waals surface area (Å²) in [5, 5.41) is 10.00. The van der Waals surface area contributed by atoms with Crippen LogP contribution in [0.4, 0.5) is 11.5 Å². The molecule has 0 unspecified atom stereocenters. The normalized spacial score (nSPS) is 11.0. The summed E-state index contributed by atoms with van der Waals surface area (Å²) in [4.78, 5) is 14.1. The zero-order chi connectivity index (χ0) is 28.8. The number of benzene rings is 3. The second-order valence-corrected chi connectivity index (χ2v) is 9.35. The Balaban J connectivity index is 1.58. The Labute approximate surface area is 238 Å². The number of aromatic nitrogens is 3. The molecule has 0 amide bonds. The molecule has 5 rings (SSSR count). The number of rotatable bonds is 12. The van der Waals surface area contributed by atoms with E-state index in [1.54, 1.807) is 36.2 Å². The number of carbonyl (C=O) groups is 1. The lowest BCUT2D eigenvalue weighted by Gasteiger charge is -2.19. The number of nitrogens with one attached hydrogen (secondary N) is 1. The van der Waals surface area contributed by atoms with Gasteiger partial charge in [0.1, 0.15) is 28.6 Å². The highest BCUT2D eigenvalue weighted by Crippen LogP contribution is 2.36. The molecule has 41 heavy (non-hydrogen) atoms. The summed E-state index contributed by atoms with van der Waals surface area (Å²) in [6, 6.07) is 20.9. The number of aryl methyl sites for hydroxylation is 1. The summed E-state index contributed by atoms with van der Waals surface area (Å²) < 4.78 is 30.6. The summed E-state index contributed by atoms with van der Waals surface area (Å²) in [6.45, 7) is 2.38. The van der Waals surface area contributed by atoms with Crippen molar-refractivity contribution in [2.24, 2.45) is 0 Å². The molecule has 0 aliphatic carbocycles. The molecule has 2 aromatic heterocycles. The van der Waals surface area contributed by atoms with Gasteiger partial charge in [-0.15, -0.1) is 0 Å². The third kappa shape index (κ3) is 6.34. The monoisotopic (exact) mass is 556 g/mol. The zero-order valence-electron chi connectivity index (χ0n) is 23.4. The lowest BCUT2D eigenvalue weighted by molar-refractivity contribution is 0.0456. The first-order valence-electron chi connectivity index (χ1n) is 13.0. The van der Waals surface area contributed by atoms with E-state index in [2.05, 4.69) is 10.4 Å². The van der Waals surface area contributed by atoms with E-state index in [0.717, 1.165) is 27.8 Å². The van der Waals surface area contributed by atoms with E-state index in [9.17, 15) is 4.79 Å². The molecule has 1 N–H and O–H groups in total. The first kappa shape index (κ1) is 27.8. The van der Waals surface area contributed by atoms with Gasteiger partial charge >= 0.3 is 0 Å². The minimum Gasteiger partial charge on any atom is -0.497 e. The van der Waals surface area contributed by atoms with Gasteiger partial charge in [-0.2, -0.15) is 5.10 Å². The quantitative estimate of drug-likeness (QED) is 0.198. The molecule has 0 spiro atoms. The Morgan fingerprint density at radius 2 is 1.54 bits per heavy atom. The Morgan fingerprint density at radius 1 is 0.854 bits per heavy atom. The molecule has 10 heteroatoms. The van der Waals surface area contributed by atoms with Gasteiger partial charge in [-0.1, -0.05) is 36.4 Å². The molecule has 0 atom stereocenters. The van der Waals surface area contributed by atoms with Gasteiger partial charge in [0.2, 0.25) is 0 Å². The molecule has 212 valence electrons. The van der Waals surface area contributed by atoms with E-state index in [-0.39, 0.29) is 19.5 Å². The second kappa shape index (κ2) is 12.6. The average Bonchev–Trinajstić information content (AvgIpc) is 3.57. The van der Waals surface area contributed by atoms with Crippen molar-refractivity contribution in [1.82, 2.24) is 14.3 Å². The Hall–Kier alpha value is -4.80. The van der Waals surface area contributed by atoms with Gasteiger partial charge in [0.05, 0.1) is 25.0 Å². The minimum absolute atomic E-state index is 0.0218. The van der Waals surface area contributed by atoms with Crippen LogP contribution in [0.25, 0.3) is 10.8 Å². The van der Waals surface area contributed by atoms with Crippen molar-refractivity contribution < 1.29 is 28.5 Å². The Kier molecular flexibility index (Phi) is 8.52. The summed E-state index contributed by atoms with van der Waals surface area (Å²) in [5.41, 5.74) is 2.63. The molecule has 0 aliphatic heterocycles. The number of methoxy groups -OCH3 is 3. The average molecular weight is 557 g/mol. The Bertz CT molecular complexity index is 1610. The number of fused-ring (bicyclic) bond motifs is 1. The number of ether oxygens (including phenoxy) is 5. The first-order valence-corrected chi connectivity index (χ1v) is 13.0. The second-order valence-electron chi connectivity index (χ2n) is 9.35. The maximum Gasteiger partial charge on any atom is 0.267 e. The van der Waals surface area contributed by atoms with Crippen LogP contribution in [0.5, 0.6) is 17.2 Å². The van der Waals surface area contributed by atoms with Crippen molar-refractivity contribution in [3.8, 4) is 17.2 Å². The number of carbonyl (C=O) groups excluding carboxylic acids is 1. The van der Waals surface area contributed by atoms with Crippen LogP contribution in [0.1, 0.15) is 21.6 Å². The molecular weight excluding hydrogens is 524 g/mol. The fourth-order valence-electron chi connectivity index (χ4n) is 4.49. The van der Waals surface area contributed by atoms with Gasteiger partial charge in [-0.05, 0) is 35.4 Å². The van der Waals surface area contributed by atoms with Crippen LogP contribution in [0.2, 0.25) is 0 Å². The maximum absolute atomic E-state index is 14.1. The molecule has 0 bridgehead atoms. The van der Waals surface area contributed by atoms with E-state index < -0.39 is 0 Å². The maximum atomic E-state index is 14.1. The van der Waals surface area contributed by atoms with Crippen molar-refractivity contribution >= 4 is 28.2 Å². The van der Waals surface area contributed by atoms with E-state index in [0.29, 0.717) is 35.1 Å². The molecule has 0 saturated carbocycles. The lowest BCUT2D eigenvalue weighted by Crippen LogP contribution is -2.16. The van der Waals surface area contributed by atoms with Gasteiger partial charge in [0.15, 0.2) is 13.6 Å². The van der Waals surface area contributed by atoms with E-state index >= 15 is 0 Å². The van der Waals surface area contributed by atoms with Gasteiger partial charge in [-0.25, -0.2) is 4.68 Å². The fraction of sp³-hybridized carbons (Fsp3) is 0.226. The fourth-order valence-corrected chi connectivity index (χ4v) is 4.49. The van der Waals surface area contributed by atoms with Crippen LogP contribution in [-0.4, -0.2) is 55.2 Å². The van der Waals surface area contributed by atoms with Crippen LogP contribution in [0, 0.1) is 6.92 Å². The zero-order valence-corrected chi connectivity index (χ0v) is 23.4. The summed E-state index contributed by atoms with van der Waals surface area (Å²) >= 11 is 0. The molecule has 5 aromatic rings. The standard InChI is InChI=1S/C31H32N4O6/c1-21-13-29(35(33-21)16-22-9-11-25(39-4)12-10-22)32-27-14-26(40-19-37-2)15-28(41-20-38-3)30(27)31(36)34-17-23-7-5-6-8-24(23)18-34/h5-15,17-18,32H,16,19-20H2,1-4H3. The van der Waals surface area contributed by atoms with E-state index in [1.807, 2.05) is 66.2 Å². The lowest BCUT2D eigenvalue weighted by atomic mass is 10.1. The minimum atomic E-state index is -0.286. The molecule has 3 aromatic carbocycles. The van der Waals surface area contributed by atoms with Crippen LogP contribution in [-0.2, 0) is 16.0 Å². The highest BCUT2D eigenvalue weighted by atomic mass is 16.7.